The standard InChI is InChI=1S/C27H29FN6O2/c1-3-32(4-2)22-6-5-13-33(16-22)27(36)18-7-10-21(11-8-18)34-17-25(30-31-34)23-15-19-14-20(28)9-12-24(19)29-26(23)35/h7-12,14-15,17,22H,3-6,13,16H2,1-2H3,(H,29,35). The number of carbonyl (C=O) groups is 1. The molecular weight excluding hydrogens is 459 g/mol. The van der Waals surface area contributed by atoms with Crippen molar-refractivity contribution in [1.29, 1.82) is 0 Å². The van der Waals surface area contributed by atoms with E-state index in [-0.39, 0.29) is 17.3 Å². The summed E-state index contributed by atoms with van der Waals surface area (Å²) >= 11 is 0. The molecule has 1 unspecified atom stereocenters. The number of fused-ring (bicyclic) bond motifs is 1. The zero-order valence-corrected chi connectivity index (χ0v) is 20.4. The average Bonchev–Trinajstić information content (AvgIpc) is 3.39. The summed E-state index contributed by atoms with van der Waals surface area (Å²) < 4.78 is 15.2. The number of likely N-dealkylation sites (N-methyl/N-ethyl adjacent to an activating group) is 1. The first-order valence-electron chi connectivity index (χ1n) is 12.4. The summed E-state index contributed by atoms with van der Waals surface area (Å²) in [5.74, 6) is -0.348. The molecular formula is C27H29FN6O2. The van der Waals surface area contributed by atoms with E-state index in [0.29, 0.717) is 39.5 Å². The van der Waals surface area contributed by atoms with Crippen molar-refractivity contribution in [2.24, 2.45) is 0 Å². The molecule has 1 fully saturated rings. The van der Waals surface area contributed by atoms with Crippen LogP contribution in [0, 0.1) is 5.82 Å². The van der Waals surface area contributed by atoms with Crippen LogP contribution in [0.1, 0.15) is 37.0 Å². The van der Waals surface area contributed by atoms with Gasteiger partial charge in [0.05, 0.1) is 17.4 Å². The van der Waals surface area contributed by atoms with Gasteiger partial charge in [-0.25, -0.2) is 9.07 Å². The summed E-state index contributed by atoms with van der Waals surface area (Å²) in [5.41, 5.74) is 2.25. The Balaban J connectivity index is 1.34. The average molecular weight is 489 g/mol. The maximum absolute atomic E-state index is 13.6. The molecule has 9 heteroatoms. The van der Waals surface area contributed by atoms with Gasteiger partial charge < -0.3 is 9.88 Å². The molecule has 0 saturated carbocycles. The van der Waals surface area contributed by atoms with Gasteiger partial charge in [0.2, 0.25) is 0 Å². The van der Waals surface area contributed by atoms with E-state index in [9.17, 15) is 14.0 Å². The summed E-state index contributed by atoms with van der Waals surface area (Å²) in [4.78, 5) is 32.8. The fraction of sp³-hybridized carbons (Fsp3) is 0.333. The Labute approximate surface area is 208 Å². The molecule has 4 aromatic rings. The summed E-state index contributed by atoms with van der Waals surface area (Å²) in [7, 11) is 0. The number of hydrogen-bond donors (Lipinski definition) is 1. The topological polar surface area (TPSA) is 87.1 Å². The molecule has 1 atom stereocenters. The summed E-state index contributed by atoms with van der Waals surface area (Å²) in [6.07, 6.45) is 3.77. The largest absolute Gasteiger partial charge is 0.337 e. The van der Waals surface area contributed by atoms with Crippen LogP contribution in [0.2, 0.25) is 0 Å². The molecule has 36 heavy (non-hydrogen) atoms. The zero-order chi connectivity index (χ0) is 25.2. The number of piperidine rings is 1. The molecule has 5 rings (SSSR count). The fourth-order valence-corrected chi connectivity index (χ4v) is 5.00. The Morgan fingerprint density at radius 1 is 1.14 bits per heavy atom. The Hall–Kier alpha value is -3.85. The first kappa shape index (κ1) is 23.9. The number of nitrogens with zero attached hydrogens (tertiary/aromatic N) is 5. The van der Waals surface area contributed by atoms with Gasteiger partial charge in [0.15, 0.2) is 0 Å². The molecule has 186 valence electrons. The SMILES string of the molecule is CCN(CC)C1CCCN(C(=O)c2ccc(-n3cc(-c4cc5cc(F)ccc5[nH]c4=O)nn3)cc2)C1. The Morgan fingerprint density at radius 3 is 2.67 bits per heavy atom. The lowest BCUT2D eigenvalue weighted by molar-refractivity contribution is 0.0589. The predicted molar refractivity (Wildman–Crippen MR) is 137 cm³/mol. The second-order valence-electron chi connectivity index (χ2n) is 9.11. The van der Waals surface area contributed by atoms with E-state index in [4.69, 9.17) is 0 Å². The normalized spacial score (nSPS) is 16.1. The van der Waals surface area contributed by atoms with Gasteiger partial charge >= 0.3 is 0 Å². The molecule has 1 aliphatic heterocycles. The van der Waals surface area contributed by atoms with Crippen molar-refractivity contribution in [3.63, 3.8) is 0 Å². The maximum atomic E-state index is 13.6. The molecule has 1 aliphatic rings. The Morgan fingerprint density at radius 2 is 1.92 bits per heavy atom. The number of carbonyl (C=O) groups excluding carboxylic acids is 1. The van der Waals surface area contributed by atoms with Gasteiger partial charge in [-0.2, -0.15) is 0 Å². The number of likely N-dealkylation sites (tertiary alicyclic amines) is 1. The molecule has 0 radical (unpaired) electrons. The number of halogens is 1. The van der Waals surface area contributed by atoms with E-state index < -0.39 is 0 Å². The first-order valence-corrected chi connectivity index (χ1v) is 12.4. The van der Waals surface area contributed by atoms with Crippen LogP contribution in [-0.2, 0) is 0 Å². The van der Waals surface area contributed by atoms with Crippen LogP contribution < -0.4 is 5.56 Å². The van der Waals surface area contributed by atoms with Crippen molar-refractivity contribution in [2.75, 3.05) is 26.2 Å². The first-order chi connectivity index (χ1) is 17.5. The number of pyridine rings is 1. The number of rotatable bonds is 6. The quantitative estimate of drug-likeness (QED) is 0.445. The maximum Gasteiger partial charge on any atom is 0.258 e. The van der Waals surface area contributed by atoms with E-state index in [1.54, 1.807) is 29.1 Å². The second-order valence-corrected chi connectivity index (χ2v) is 9.11. The molecule has 1 saturated heterocycles. The van der Waals surface area contributed by atoms with Gasteiger partial charge in [-0.15, -0.1) is 5.10 Å². The molecule has 2 aromatic carbocycles. The summed E-state index contributed by atoms with van der Waals surface area (Å²) in [6.45, 7) is 7.82. The van der Waals surface area contributed by atoms with E-state index in [2.05, 4.69) is 34.0 Å². The number of aromatic nitrogens is 4. The summed E-state index contributed by atoms with van der Waals surface area (Å²) in [6, 6.07) is 13.4. The van der Waals surface area contributed by atoms with E-state index >= 15 is 0 Å². The highest BCUT2D eigenvalue weighted by atomic mass is 19.1. The molecule has 1 N–H and O–H groups in total. The molecule has 0 bridgehead atoms. The second kappa shape index (κ2) is 10.0. The van der Waals surface area contributed by atoms with Crippen LogP contribution in [-0.4, -0.2) is 67.9 Å². The minimum atomic E-state index is -0.382. The highest BCUT2D eigenvalue weighted by Gasteiger charge is 2.27. The van der Waals surface area contributed by atoms with Gasteiger partial charge in [0.25, 0.3) is 11.5 Å². The van der Waals surface area contributed by atoms with Crippen LogP contribution in [0.5, 0.6) is 0 Å². The van der Waals surface area contributed by atoms with Crippen molar-refractivity contribution in [3.05, 3.63) is 76.5 Å². The van der Waals surface area contributed by atoms with Gasteiger partial charge in [0.1, 0.15) is 11.5 Å². The van der Waals surface area contributed by atoms with Gasteiger partial charge in [-0.1, -0.05) is 19.1 Å². The van der Waals surface area contributed by atoms with Crippen molar-refractivity contribution < 1.29 is 9.18 Å². The van der Waals surface area contributed by atoms with E-state index in [1.807, 2.05) is 17.0 Å². The number of aromatic amines is 1. The molecule has 2 aromatic heterocycles. The fourth-order valence-electron chi connectivity index (χ4n) is 5.00. The van der Waals surface area contributed by atoms with E-state index in [0.717, 1.165) is 39.0 Å². The predicted octanol–water partition coefficient (Wildman–Crippen LogP) is 3.86. The minimum absolute atomic E-state index is 0.0348. The number of amides is 1. The summed E-state index contributed by atoms with van der Waals surface area (Å²) in [5, 5.41) is 8.87. The van der Waals surface area contributed by atoms with Crippen LogP contribution in [0.15, 0.2) is 59.5 Å². The number of nitrogens with one attached hydrogen (secondary N) is 1. The Kier molecular flexibility index (Phi) is 6.65. The van der Waals surface area contributed by atoms with Gasteiger partial charge in [-0.05, 0) is 74.5 Å². The van der Waals surface area contributed by atoms with Crippen molar-refractivity contribution in [3.8, 4) is 16.9 Å². The third-order valence-corrected chi connectivity index (χ3v) is 6.97. The van der Waals surface area contributed by atoms with Crippen molar-refractivity contribution in [1.82, 2.24) is 29.8 Å². The lowest BCUT2D eigenvalue weighted by Crippen LogP contribution is -2.49. The monoisotopic (exact) mass is 488 g/mol. The third kappa shape index (κ3) is 4.66. The lowest BCUT2D eigenvalue weighted by atomic mass is 10.0. The van der Waals surface area contributed by atoms with E-state index in [1.165, 1.54) is 18.2 Å². The van der Waals surface area contributed by atoms with Gasteiger partial charge in [-0.3, -0.25) is 14.5 Å². The van der Waals surface area contributed by atoms with Crippen LogP contribution in [0.4, 0.5) is 4.39 Å². The van der Waals surface area contributed by atoms with Crippen molar-refractivity contribution >= 4 is 16.8 Å². The molecule has 3 heterocycles. The van der Waals surface area contributed by atoms with Crippen LogP contribution in [0.3, 0.4) is 0 Å². The number of benzene rings is 2. The molecule has 8 nitrogen and oxygen atoms in total. The number of hydrogen-bond acceptors (Lipinski definition) is 5. The van der Waals surface area contributed by atoms with Crippen molar-refractivity contribution in [2.45, 2.75) is 32.7 Å². The highest BCUT2D eigenvalue weighted by Crippen LogP contribution is 2.21. The zero-order valence-electron chi connectivity index (χ0n) is 20.4. The Bertz CT molecular complexity index is 1440. The molecule has 0 aliphatic carbocycles. The third-order valence-electron chi connectivity index (χ3n) is 6.97. The number of H-pyrrole nitrogens is 1. The lowest BCUT2D eigenvalue weighted by Gasteiger charge is -2.38. The smallest absolute Gasteiger partial charge is 0.258 e. The minimum Gasteiger partial charge on any atom is -0.337 e. The highest BCUT2D eigenvalue weighted by molar-refractivity contribution is 5.94. The van der Waals surface area contributed by atoms with Gasteiger partial charge in [0, 0.05) is 35.6 Å². The molecule has 0 spiro atoms. The molecule has 1 amide bonds. The van der Waals surface area contributed by atoms with Crippen LogP contribution in [0.25, 0.3) is 27.8 Å². The van der Waals surface area contributed by atoms with Crippen LogP contribution >= 0.6 is 0 Å².